The van der Waals surface area contributed by atoms with E-state index in [2.05, 4.69) is 10.2 Å². The molecular formula is C41H39FN8O7S. The van der Waals surface area contributed by atoms with Crippen LogP contribution in [0.1, 0.15) is 54.5 Å². The highest BCUT2D eigenvalue weighted by atomic mass is 32.2. The van der Waals surface area contributed by atoms with Gasteiger partial charge in [-0.25, -0.2) is 22.9 Å². The van der Waals surface area contributed by atoms with E-state index in [1.807, 2.05) is 65.5 Å². The quantitative estimate of drug-likeness (QED) is 0.206. The smallest absolute Gasteiger partial charge is 0.329 e. The number of imide groups is 1. The van der Waals surface area contributed by atoms with Crippen LogP contribution < -0.4 is 24.8 Å². The molecule has 0 radical (unpaired) electrons. The molecule has 3 aliphatic heterocycles. The molecule has 2 aromatic heterocycles. The van der Waals surface area contributed by atoms with Crippen LogP contribution >= 0.6 is 0 Å². The second-order valence-electron chi connectivity index (χ2n) is 15.0. The normalized spacial score (nSPS) is 18.9. The summed E-state index contributed by atoms with van der Waals surface area (Å²) >= 11 is 0. The summed E-state index contributed by atoms with van der Waals surface area (Å²) in [6.07, 6.45) is 4.13. The summed E-state index contributed by atoms with van der Waals surface area (Å²) in [7, 11) is -2.61. The summed E-state index contributed by atoms with van der Waals surface area (Å²) in [5.74, 6) is -2.11. The molecule has 5 heterocycles. The van der Waals surface area contributed by atoms with E-state index in [9.17, 15) is 27.6 Å². The molecule has 298 valence electrons. The molecule has 3 amide bonds. The van der Waals surface area contributed by atoms with Crippen LogP contribution in [-0.4, -0.2) is 69.6 Å². The number of rotatable bonds is 9. The highest BCUT2D eigenvalue weighted by Gasteiger charge is 2.38. The minimum Gasteiger partial charge on any atom is -0.487 e. The van der Waals surface area contributed by atoms with Gasteiger partial charge >= 0.3 is 15.9 Å². The van der Waals surface area contributed by atoms with E-state index in [-0.39, 0.29) is 53.8 Å². The fraction of sp³-hybridized carbons (Fsp3) is 0.293. The number of piperidine rings is 2. The summed E-state index contributed by atoms with van der Waals surface area (Å²) in [6, 6.07) is 23.0. The number of nitrogens with one attached hydrogen (secondary N) is 2. The largest absolute Gasteiger partial charge is 0.487 e. The van der Waals surface area contributed by atoms with Gasteiger partial charge in [-0.15, -0.1) is 0 Å². The van der Waals surface area contributed by atoms with Crippen molar-refractivity contribution >= 4 is 55.4 Å². The molecular weight excluding hydrogens is 768 g/mol. The third-order valence-electron chi connectivity index (χ3n) is 11.3. The van der Waals surface area contributed by atoms with Crippen molar-refractivity contribution in [2.75, 3.05) is 23.9 Å². The third kappa shape index (κ3) is 6.79. The number of nitrogens with zero attached hydrogens (tertiary/aromatic N) is 6. The molecule has 15 nitrogen and oxygen atoms in total. The van der Waals surface area contributed by atoms with E-state index in [0.717, 1.165) is 48.3 Å². The zero-order chi connectivity index (χ0) is 40.3. The van der Waals surface area contributed by atoms with Crippen molar-refractivity contribution in [1.82, 2.24) is 33.9 Å². The molecule has 58 heavy (non-hydrogen) atoms. The van der Waals surface area contributed by atoms with Crippen LogP contribution in [0.3, 0.4) is 0 Å². The van der Waals surface area contributed by atoms with Crippen LogP contribution in [0.2, 0.25) is 0 Å². The van der Waals surface area contributed by atoms with Crippen molar-refractivity contribution in [1.29, 1.82) is 0 Å². The van der Waals surface area contributed by atoms with Gasteiger partial charge in [0.2, 0.25) is 11.8 Å². The van der Waals surface area contributed by atoms with Crippen molar-refractivity contribution in [3.8, 4) is 11.4 Å². The van der Waals surface area contributed by atoms with E-state index >= 15 is 4.39 Å². The maximum absolute atomic E-state index is 16.3. The Balaban J connectivity index is 0.904. The second-order valence-corrected chi connectivity index (χ2v) is 16.6. The van der Waals surface area contributed by atoms with Crippen molar-refractivity contribution in [3.05, 3.63) is 118 Å². The van der Waals surface area contributed by atoms with Gasteiger partial charge in [0.1, 0.15) is 30.6 Å². The van der Waals surface area contributed by atoms with Gasteiger partial charge in [0.25, 0.3) is 5.91 Å². The molecule has 2 N–H and O–H groups in total. The number of aryl methyl sites for hydroxylation is 1. The Kier molecular flexibility index (Phi) is 9.35. The number of ether oxygens (including phenoxy) is 1. The van der Waals surface area contributed by atoms with E-state index in [1.54, 1.807) is 40.6 Å². The molecule has 3 aliphatic rings. The van der Waals surface area contributed by atoms with Crippen LogP contribution in [0.5, 0.6) is 5.75 Å². The van der Waals surface area contributed by atoms with Gasteiger partial charge in [0.15, 0.2) is 5.82 Å². The monoisotopic (exact) mass is 806 g/mol. The maximum atomic E-state index is 16.3. The SMILES string of the molecule is Cn1c(=O)n(C2CCC(=O)NC2=O)c2ccc(C3CCN(Cc4ccn(-c5ccc6c(F)c(N7CC(=O)NS7(=O)=O)c(OCc7ccccc7)cc6c5)n4)CC3)cc21. The highest BCUT2D eigenvalue weighted by Crippen LogP contribution is 2.40. The van der Waals surface area contributed by atoms with Crippen molar-refractivity contribution in [3.63, 3.8) is 0 Å². The van der Waals surface area contributed by atoms with Crippen molar-refractivity contribution in [2.45, 2.75) is 50.8 Å². The number of carbonyl (C=O) groups excluding carboxylic acids is 3. The molecule has 4 aromatic carbocycles. The lowest BCUT2D eigenvalue weighted by atomic mass is 9.89. The number of halogens is 1. The standard InChI is InChI=1S/C41H39FN8O7S/c1-46-34-20-27(7-10-32(34)50(41(46)54)33-11-12-36(51)43-40(33)53)26-13-16-47(17-14-26)22-29-15-18-48(44-29)30-8-9-31-28(19-30)21-35(57-24-25-5-3-2-4-6-25)39(38(31)42)49-23-37(52)45-58(49,55)56/h2-10,15,18-21,26,33H,11-14,16-17,22-24H2,1H3,(H,45,52)(H,43,51,53). The number of amides is 3. The third-order valence-corrected chi connectivity index (χ3v) is 12.7. The number of anilines is 1. The number of aromatic nitrogens is 4. The number of hydrogen-bond acceptors (Lipinski definition) is 9. The summed E-state index contributed by atoms with van der Waals surface area (Å²) in [5, 5.41) is 7.80. The van der Waals surface area contributed by atoms with Gasteiger partial charge in [-0.1, -0.05) is 36.4 Å². The molecule has 9 rings (SSSR count). The predicted molar refractivity (Wildman–Crippen MR) is 212 cm³/mol. The lowest BCUT2D eigenvalue weighted by Crippen LogP contribution is -2.44. The molecule has 3 fully saturated rings. The van der Waals surface area contributed by atoms with Crippen LogP contribution in [0, 0.1) is 5.82 Å². The van der Waals surface area contributed by atoms with E-state index < -0.39 is 40.4 Å². The fourth-order valence-electron chi connectivity index (χ4n) is 8.29. The minimum atomic E-state index is -4.32. The Morgan fingerprint density at radius 2 is 1.69 bits per heavy atom. The summed E-state index contributed by atoms with van der Waals surface area (Å²) < 4.78 is 55.4. The Bertz CT molecular complexity index is 2810. The van der Waals surface area contributed by atoms with E-state index in [1.165, 1.54) is 4.57 Å². The maximum Gasteiger partial charge on any atom is 0.329 e. The van der Waals surface area contributed by atoms with Crippen LogP contribution in [-0.2, 0) is 44.8 Å². The van der Waals surface area contributed by atoms with E-state index in [0.29, 0.717) is 27.4 Å². The van der Waals surface area contributed by atoms with Gasteiger partial charge in [0, 0.05) is 31.6 Å². The second kappa shape index (κ2) is 14.6. The van der Waals surface area contributed by atoms with Gasteiger partial charge in [-0.3, -0.25) is 33.7 Å². The molecule has 1 atom stereocenters. The summed E-state index contributed by atoms with van der Waals surface area (Å²) in [5.41, 5.74) is 4.25. The molecule has 6 aromatic rings. The minimum absolute atomic E-state index is 0.0229. The average molecular weight is 807 g/mol. The van der Waals surface area contributed by atoms with E-state index in [4.69, 9.17) is 9.84 Å². The first-order valence-corrected chi connectivity index (χ1v) is 20.5. The number of imidazole rings is 1. The molecule has 0 aliphatic carbocycles. The molecule has 0 saturated carbocycles. The van der Waals surface area contributed by atoms with Gasteiger partial charge in [-0.05, 0) is 97.2 Å². The topological polar surface area (TPSA) is 170 Å². The zero-order valence-electron chi connectivity index (χ0n) is 31.4. The van der Waals surface area contributed by atoms with Crippen molar-refractivity contribution in [2.24, 2.45) is 7.05 Å². The molecule has 1 unspecified atom stereocenters. The molecule has 17 heteroatoms. The number of hydrogen-bond donors (Lipinski definition) is 2. The Morgan fingerprint density at radius 3 is 2.43 bits per heavy atom. The molecule has 0 spiro atoms. The fourth-order valence-corrected chi connectivity index (χ4v) is 9.45. The molecule has 0 bridgehead atoms. The van der Waals surface area contributed by atoms with Gasteiger partial charge < -0.3 is 4.74 Å². The Labute approximate surface area is 331 Å². The van der Waals surface area contributed by atoms with Gasteiger partial charge in [0.05, 0.1) is 22.4 Å². The first-order valence-electron chi connectivity index (χ1n) is 19.0. The Morgan fingerprint density at radius 1 is 0.897 bits per heavy atom. The zero-order valence-corrected chi connectivity index (χ0v) is 32.2. The number of benzene rings is 4. The highest BCUT2D eigenvalue weighted by molar-refractivity contribution is 7.92. The first kappa shape index (κ1) is 37.3. The van der Waals surface area contributed by atoms with Crippen LogP contribution in [0.4, 0.5) is 10.1 Å². The number of likely N-dealkylation sites (tertiary alicyclic amines) is 1. The van der Waals surface area contributed by atoms with Gasteiger partial charge in [-0.2, -0.15) is 13.5 Å². The first-order chi connectivity index (χ1) is 27.9. The van der Waals surface area contributed by atoms with Crippen LogP contribution in [0.15, 0.2) is 89.9 Å². The lowest BCUT2D eigenvalue weighted by Gasteiger charge is -2.31. The molecule has 3 saturated heterocycles. The summed E-state index contributed by atoms with van der Waals surface area (Å²) in [4.78, 5) is 52.0. The number of fused-ring (bicyclic) bond motifs is 2. The van der Waals surface area contributed by atoms with Crippen molar-refractivity contribution < 1.29 is 31.9 Å². The average Bonchev–Trinajstić information content (AvgIpc) is 3.86. The predicted octanol–water partition coefficient (Wildman–Crippen LogP) is 3.94. The Hall–Kier alpha value is -6.33. The number of carbonyl (C=O) groups is 3. The lowest BCUT2D eigenvalue weighted by molar-refractivity contribution is -0.135. The summed E-state index contributed by atoms with van der Waals surface area (Å²) in [6.45, 7) is 1.78. The van der Waals surface area contributed by atoms with Crippen LogP contribution in [0.25, 0.3) is 27.5 Å².